The molecule has 1 amide bonds. The van der Waals surface area contributed by atoms with E-state index in [9.17, 15) is 9.18 Å². The number of halogens is 1. The number of rotatable bonds is 2. The average Bonchev–Trinajstić information content (AvgIpc) is 2.58. The molecule has 21 heavy (non-hydrogen) atoms. The fourth-order valence-electron chi connectivity index (χ4n) is 2.75. The van der Waals surface area contributed by atoms with Gasteiger partial charge in [-0.05, 0) is 40.7 Å². The molecule has 0 saturated carbocycles. The fourth-order valence-corrected chi connectivity index (χ4v) is 2.75. The van der Waals surface area contributed by atoms with Gasteiger partial charge in [0.1, 0.15) is 17.6 Å². The van der Waals surface area contributed by atoms with E-state index < -0.39 is 23.5 Å². The van der Waals surface area contributed by atoms with Crippen molar-refractivity contribution >= 4 is 6.09 Å². The molecule has 1 saturated heterocycles. The number of carbonyl (C=O) groups is 1. The molecule has 1 atom stereocenters. The van der Waals surface area contributed by atoms with Crippen LogP contribution < -0.4 is 0 Å². The summed E-state index contributed by atoms with van der Waals surface area (Å²) in [7, 11) is 0. The molecular weight excluding hydrogens is 273 g/mol. The highest BCUT2D eigenvalue weighted by Crippen LogP contribution is 2.36. The maximum atomic E-state index is 13.7. The molecule has 1 aromatic carbocycles. The van der Waals surface area contributed by atoms with Crippen molar-refractivity contribution in [1.29, 1.82) is 0 Å². The van der Waals surface area contributed by atoms with Crippen molar-refractivity contribution in [3.63, 3.8) is 0 Å². The third kappa shape index (κ3) is 3.02. The minimum Gasteiger partial charge on any atom is -0.441 e. The summed E-state index contributed by atoms with van der Waals surface area (Å²) in [4.78, 5) is 14.0. The van der Waals surface area contributed by atoms with Crippen LogP contribution >= 0.6 is 0 Å². The van der Waals surface area contributed by atoms with Crippen molar-refractivity contribution in [2.24, 2.45) is 0 Å². The number of ether oxygens (including phenoxy) is 2. The lowest BCUT2D eigenvalue weighted by Crippen LogP contribution is -2.53. The highest BCUT2D eigenvalue weighted by Gasteiger charge is 2.50. The molecule has 0 unspecified atom stereocenters. The van der Waals surface area contributed by atoms with Crippen molar-refractivity contribution in [2.75, 3.05) is 6.61 Å². The van der Waals surface area contributed by atoms with Gasteiger partial charge in [-0.1, -0.05) is 18.2 Å². The molecule has 0 spiro atoms. The standard InChI is InChI=1S/C16H22FNO3/c1-11(12-8-6-7-9-13(12)17)21-14(19)18-15(2,3)10-20-16(18,4)5/h6-9,11H,10H2,1-5H3/t11-/m1/s1. The zero-order valence-corrected chi connectivity index (χ0v) is 13.1. The van der Waals surface area contributed by atoms with Crippen LogP contribution in [0.3, 0.4) is 0 Å². The molecule has 0 aromatic heterocycles. The van der Waals surface area contributed by atoms with E-state index in [1.807, 2.05) is 27.7 Å². The van der Waals surface area contributed by atoms with E-state index in [-0.39, 0.29) is 5.82 Å². The van der Waals surface area contributed by atoms with Gasteiger partial charge < -0.3 is 9.47 Å². The van der Waals surface area contributed by atoms with Crippen molar-refractivity contribution in [3.8, 4) is 0 Å². The lowest BCUT2D eigenvalue weighted by atomic mass is 10.0. The number of hydrogen-bond donors (Lipinski definition) is 0. The predicted molar refractivity (Wildman–Crippen MR) is 77.2 cm³/mol. The van der Waals surface area contributed by atoms with Crippen LogP contribution in [-0.2, 0) is 9.47 Å². The van der Waals surface area contributed by atoms with E-state index in [0.29, 0.717) is 12.2 Å². The first kappa shape index (κ1) is 15.8. The second kappa shape index (κ2) is 5.30. The first-order chi connectivity index (χ1) is 9.65. The Morgan fingerprint density at radius 3 is 2.48 bits per heavy atom. The number of amides is 1. The highest BCUT2D eigenvalue weighted by atomic mass is 19.1. The molecule has 0 radical (unpaired) electrons. The molecule has 1 fully saturated rings. The van der Waals surface area contributed by atoms with Crippen LogP contribution in [0, 0.1) is 5.82 Å². The van der Waals surface area contributed by atoms with Gasteiger partial charge in [0.15, 0.2) is 0 Å². The van der Waals surface area contributed by atoms with Crippen LogP contribution in [0.2, 0.25) is 0 Å². The predicted octanol–water partition coefficient (Wildman–Crippen LogP) is 3.87. The SMILES string of the molecule is C[C@@H](OC(=O)N1C(C)(C)COC1(C)C)c1ccccc1F. The Morgan fingerprint density at radius 1 is 1.33 bits per heavy atom. The zero-order valence-electron chi connectivity index (χ0n) is 13.1. The molecule has 5 heteroatoms. The van der Waals surface area contributed by atoms with E-state index in [0.717, 1.165) is 0 Å². The summed E-state index contributed by atoms with van der Waals surface area (Å²) in [5, 5.41) is 0. The van der Waals surface area contributed by atoms with Gasteiger partial charge in [-0.25, -0.2) is 9.18 Å². The van der Waals surface area contributed by atoms with Gasteiger partial charge in [-0.2, -0.15) is 0 Å². The summed E-state index contributed by atoms with van der Waals surface area (Å²) in [6.07, 6.45) is -1.16. The van der Waals surface area contributed by atoms with Crippen LogP contribution in [0.1, 0.15) is 46.3 Å². The smallest absolute Gasteiger partial charge is 0.413 e. The van der Waals surface area contributed by atoms with E-state index in [1.165, 1.54) is 6.07 Å². The van der Waals surface area contributed by atoms with Crippen molar-refractivity contribution < 1.29 is 18.7 Å². The molecule has 1 aromatic rings. The van der Waals surface area contributed by atoms with Crippen molar-refractivity contribution in [1.82, 2.24) is 4.90 Å². The summed E-state index contributed by atoms with van der Waals surface area (Å²) in [6, 6.07) is 6.29. The number of carbonyl (C=O) groups excluding carboxylic acids is 1. The molecular formula is C16H22FNO3. The van der Waals surface area contributed by atoms with Crippen LogP contribution in [0.15, 0.2) is 24.3 Å². The van der Waals surface area contributed by atoms with Crippen LogP contribution in [-0.4, -0.2) is 28.9 Å². The highest BCUT2D eigenvalue weighted by molar-refractivity contribution is 5.70. The average molecular weight is 295 g/mol. The minimum absolute atomic E-state index is 0.363. The Labute approximate surface area is 124 Å². The summed E-state index contributed by atoms with van der Waals surface area (Å²) in [5.41, 5.74) is -0.841. The van der Waals surface area contributed by atoms with E-state index >= 15 is 0 Å². The summed E-state index contributed by atoms with van der Waals surface area (Å²) in [5.74, 6) is -0.381. The molecule has 1 aliphatic rings. The van der Waals surface area contributed by atoms with Crippen molar-refractivity contribution in [2.45, 2.75) is 52.0 Å². The molecule has 116 valence electrons. The summed E-state index contributed by atoms with van der Waals surface area (Å²) >= 11 is 0. The van der Waals surface area contributed by atoms with Gasteiger partial charge in [-0.15, -0.1) is 0 Å². The Kier molecular flexibility index (Phi) is 3.97. The molecule has 0 N–H and O–H groups in total. The maximum absolute atomic E-state index is 13.7. The monoisotopic (exact) mass is 295 g/mol. The summed E-state index contributed by atoms with van der Waals surface area (Å²) < 4.78 is 24.8. The lowest BCUT2D eigenvalue weighted by Gasteiger charge is -2.37. The van der Waals surface area contributed by atoms with Gasteiger partial charge in [0.2, 0.25) is 0 Å². The second-order valence-electron chi connectivity index (χ2n) is 6.43. The molecule has 0 bridgehead atoms. The Hall–Kier alpha value is -1.62. The van der Waals surface area contributed by atoms with Crippen LogP contribution in [0.4, 0.5) is 9.18 Å². The number of benzene rings is 1. The maximum Gasteiger partial charge on any atom is 0.413 e. The first-order valence-corrected chi connectivity index (χ1v) is 7.04. The van der Waals surface area contributed by atoms with Gasteiger partial charge in [0, 0.05) is 5.56 Å². The largest absolute Gasteiger partial charge is 0.441 e. The van der Waals surface area contributed by atoms with E-state index in [1.54, 1.807) is 30.0 Å². The van der Waals surface area contributed by atoms with Crippen LogP contribution in [0.5, 0.6) is 0 Å². The molecule has 0 aliphatic carbocycles. The van der Waals surface area contributed by atoms with Gasteiger partial charge in [-0.3, -0.25) is 4.90 Å². The van der Waals surface area contributed by atoms with E-state index in [2.05, 4.69) is 0 Å². The third-order valence-electron chi connectivity index (χ3n) is 3.73. The van der Waals surface area contributed by atoms with Gasteiger partial charge in [0.25, 0.3) is 0 Å². The molecule has 2 rings (SSSR count). The van der Waals surface area contributed by atoms with Crippen LogP contribution in [0.25, 0.3) is 0 Å². The zero-order chi connectivity index (χ0) is 15.8. The first-order valence-electron chi connectivity index (χ1n) is 7.04. The third-order valence-corrected chi connectivity index (χ3v) is 3.73. The normalized spacial score (nSPS) is 21.1. The minimum atomic E-state index is -0.741. The number of hydrogen-bond acceptors (Lipinski definition) is 3. The number of nitrogens with zero attached hydrogens (tertiary/aromatic N) is 1. The Balaban J connectivity index is 2.16. The van der Waals surface area contributed by atoms with Gasteiger partial charge >= 0.3 is 6.09 Å². The second-order valence-corrected chi connectivity index (χ2v) is 6.43. The van der Waals surface area contributed by atoms with Gasteiger partial charge in [0.05, 0.1) is 12.1 Å². The van der Waals surface area contributed by atoms with Crippen molar-refractivity contribution in [3.05, 3.63) is 35.6 Å². The Morgan fingerprint density at radius 2 is 1.95 bits per heavy atom. The summed E-state index contributed by atoms with van der Waals surface area (Å²) in [6.45, 7) is 9.55. The lowest BCUT2D eigenvalue weighted by molar-refractivity contribution is -0.0576. The topological polar surface area (TPSA) is 38.8 Å². The Bertz CT molecular complexity index is 526. The fraction of sp³-hybridized carbons (Fsp3) is 0.562. The molecule has 1 heterocycles. The quantitative estimate of drug-likeness (QED) is 0.831. The van der Waals surface area contributed by atoms with E-state index in [4.69, 9.17) is 9.47 Å². The molecule has 4 nitrogen and oxygen atoms in total. The molecule has 1 aliphatic heterocycles.